The molecule has 142 valence electrons. The van der Waals surface area contributed by atoms with Crippen molar-refractivity contribution in [2.24, 2.45) is 5.92 Å². The van der Waals surface area contributed by atoms with E-state index < -0.39 is 6.04 Å². The molecule has 0 spiro atoms. The van der Waals surface area contributed by atoms with Gasteiger partial charge in [-0.1, -0.05) is 39.7 Å². The zero-order valence-electron chi connectivity index (χ0n) is 14.7. The fourth-order valence-corrected chi connectivity index (χ4v) is 3.48. The van der Waals surface area contributed by atoms with Crippen molar-refractivity contribution in [1.82, 2.24) is 5.32 Å². The van der Waals surface area contributed by atoms with E-state index in [4.69, 9.17) is 21.1 Å². The number of methoxy groups -OCH3 is 1. The van der Waals surface area contributed by atoms with E-state index in [-0.39, 0.29) is 30.8 Å². The molecule has 1 heterocycles. The largest absolute Gasteiger partial charge is 0.492 e. The predicted octanol–water partition coefficient (Wildman–Crippen LogP) is 4.07. The van der Waals surface area contributed by atoms with Crippen LogP contribution in [0.25, 0.3) is 0 Å². The molecule has 0 saturated carbocycles. The van der Waals surface area contributed by atoms with Crippen LogP contribution in [-0.2, 0) is 20.7 Å². The van der Waals surface area contributed by atoms with Crippen molar-refractivity contribution in [2.45, 2.75) is 18.9 Å². The minimum Gasteiger partial charge on any atom is -0.492 e. The van der Waals surface area contributed by atoms with Gasteiger partial charge >= 0.3 is 5.97 Å². The molecule has 0 aromatic heterocycles. The summed E-state index contributed by atoms with van der Waals surface area (Å²) >= 11 is 9.43. The van der Waals surface area contributed by atoms with E-state index in [0.29, 0.717) is 11.4 Å². The molecule has 5 nitrogen and oxygen atoms in total. The molecule has 2 aromatic carbocycles. The summed E-state index contributed by atoms with van der Waals surface area (Å²) in [6.07, 6.45) is 0.590. The predicted molar refractivity (Wildman–Crippen MR) is 106 cm³/mol. The molecule has 1 aliphatic rings. The molecule has 0 bridgehead atoms. The average Bonchev–Trinajstić information content (AvgIpc) is 2.67. The fourth-order valence-electron chi connectivity index (χ4n) is 3.02. The second kappa shape index (κ2) is 8.76. The summed E-state index contributed by atoms with van der Waals surface area (Å²) in [4.78, 5) is 24.6. The average molecular weight is 453 g/mol. The zero-order valence-corrected chi connectivity index (χ0v) is 17.0. The summed E-state index contributed by atoms with van der Waals surface area (Å²) in [5.41, 5.74) is 1.74. The molecule has 2 aromatic rings. The van der Waals surface area contributed by atoms with Crippen LogP contribution in [0.1, 0.15) is 23.6 Å². The van der Waals surface area contributed by atoms with Crippen LogP contribution in [0.3, 0.4) is 0 Å². The van der Waals surface area contributed by atoms with E-state index in [1.165, 1.54) is 7.11 Å². The number of ether oxygens (including phenoxy) is 2. The number of carbonyl (C=O) groups excluding carboxylic acids is 2. The van der Waals surface area contributed by atoms with E-state index in [9.17, 15) is 9.59 Å². The smallest absolute Gasteiger partial charge is 0.307 e. The van der Waals surface area contributed by atoms with Gasteiger partial charge in [0.05, 0.1) is 25.5 Å². The summed E-state index contributed by atoms with van der Waals surface area (Å²) < 4.78 is 11.4. The first-order valence-corrected chi connectivity index (χ1v) is 9.67. The highest BCUT2D eigenvalue weighted by Gasteiger charge is 2.29. The van der Waals surface area contributed by atoms with E-state index in [2.05, 4.69) is 21.2 Å². The standard InChI is InChI=1S/C20H19BrClNO4/c1-26-19(24)10-17(12-2-4-15(21)5-3-12)23-20(25)14-8-13-9-16(22)6-7-18(13)27-11-14/h2-7,9,14,17H,8,10-11H2,1H3,(H,23,25). The first-order valence-electron chi connectivity index (χ1n) is 8.50. The van der Waals surface area contributed by atoms with Crippen LogP contribution in [0.15, 0.2) is 46.9 Å². The van der Waals surface area contributed by atoms with Crippen molar-refractivity contribution < 1.29 is 19.1 Å². The van der Waals surface area contributed by atoms with E-state index in [1.54, 1.807) is 6.07 Å². The molecule has 27 heavy (non-hydrogen) atoms. The monoisotopic (exact) mass is 451 g/mol. The molecule has 0 aliphatic carbocycles. The van der Waals surface area contributed by atoms with Gasteiger partial charge in [-0.2, -0.15) is 0 Å². The number of rotatable bonds is 5. The Labute approximate surface area is 171 Å². The van der Waals surface area contributed by atoms with Crippen molar-refractivity contribution in [3.63, 3.8) is 0 Å². The first kappa shape index (κ1) is 19.7. The van der Waals surface area contributed by atoms with E-state index in [0.717, 1.165) is 21.3 Å². The molecule has 1 amide bonds. The third kappa shape index (κ3) is 5.02. The second-order valence-electron chi connectivity index (χ2n) is 6.36. The lowest BCUT2D eigenvalue weighted by Crippen LogP contribution is -2.40. The minimum absolute atomic E-state index is 0.0554. The van der Waals surface area contributed by atoms with E-state index in [1.807, 2.05) is 36.4 Å². The van der Waals surface area contributed by atoms with Gasteiger partial charge in [-0.3, -0.25) is 9.59 Å². The van der Waals surface area contributed by atoms with Crippen LogP contribution in [0, 0.1) is 5.92 Å². The van der Waals surface area contributed by atoms with Crippen LogP contribution in [0.5, 0.6) is 5.75 Å². The van der Waals surface area contributed by atoms with Gasteiger partial charge in [-0.25, -0.2) is 0 Å². The maximum Gasteiger partial charge on any atom is 0.307 e. The summed E-state index contributed by atoms with van der Waals surface area (Å²) in [6.45, 7) is 0.283. The quantitative estimate of drug-likeness (QED) is 0.695. The number of halogens is 2. The third-order valence-corrected chi connectivity index (χ3v) is 5.25. The SMILES string of the molecule is COC(=O)CC(NC(=O)C1COc2ccc(Cl)cc2C1)c1ccc(Br)cc1. The summed E-state index contributed by atoms with van der Waals surface area (Å²) in [5, 5.41) is 3.57. The topological polar surface area (TPSA) is 64.6 Å². The van der Waals surface area contributed by atoms with Gasteiger partial charge in [0.25, 0.3) is 0 Å². The molecule has 0 fully saturated rings. The number of benzene rings is 2. The van der Waals surface area contributed by atoms with Gasteiger partial charge in [0.1, 0.15) is 12.4 Å². The Morgan fingerprint density at radius 1 is 1.30 bits per heavy atom. The number of carbonyl (C=O) groups is 2. The molecule has 0 radical (unpaired) electrons. The van der Waals surface area contributed by atoms with Crippen molar-refractivity contribution in [3.8, 4) is 5.75 Å². The minimum atomic E-state index is -0.473. The van der Waals surface area contributed by atoms with Crippen molar-refractivity contribution in [1.29, 1.82) is 0 Å². The van der Waals surface area contributed by atoms with Crippen molar-refractivity contribution in [3.05, 3.63) is 63.1 Å². The second-order valence-corrected chi connectivity index (χ2v) is 7.71. The number of fused-ring (bicyclic) bond motifs is 1. The van der Waals surface area contributed by atoms with Crippen LogP contribution < -0.4 is 10.1 Å². The summed E-state index contributed by atoms with van der Waals surface area (Å²) in [6, 6.07) is 12.4. The molecule has 1 N–H and O–H groups in total. The lowest BCUT2D eigenvalue weighted by atomic mass is 9.95. The molecule has 1 aliphatic heterocycles. The van der Waals surface area contributed by atoms with Crippen LogP contribution in [0.4, 0.5) is 0 Å². The molecule has 2 unspecified atom stereocenters. The van der Waals surface area contributed by atoms with Gasteiger partial charge < -0.3 is 14.8 Å². The Morgan fingerprint density at radius 2 is 2.04 bits per heavy atom. The highest BCUT2D eigenvalue weighted by Crippen LogP contribution is 2.30. The summed E-state index contributed by atoms with van der Waals surface area (Å²) in [7, 11) is 1.33. The molecular formula is C20H19BrClNO4. The third-order valence-electron chi connectivity index (χ3n) is 4.49. The Hall–Kier alpha value is -2.05. The summed E-state index contributed by atoms with van der Waals surface area (Å²) in [5.74, 6) is -0.160. The Kier molecular flexibility index (Phi) is 6.39. The number of esters is 1. The maximum absolute atomic E-state index is 12.8. The van der Waals surface area contributed by atoms with Crippen LogP contribution in [-0.4, -0.2) is 25.6 Å². The lowest BCUT2D eigenvalue weighted by Gasteiger charge is -2.27. The van der Waals surface area contributed by atoms with Crippen molar-refractivity contribution in [2.75, 3.05) is 13.7 Å². The number of hydrogen-bond acceptors (Lipinski definition) is 4. The van der Waals surface area contributed by atoms with Gasteiger partial charge in [0.15, 0.2) is 0 Å². The zero-order chi connectivity index (χ0) is 19.4. The molecular weight excluding hydrogens is 434 g/mol. The Morgan fingerprint density at radius 3 is 2.74 bits per heavy atom. The molecule has 0 saturated heterocycles. The number of amides is 1. The normalized spacial score (nSPS) is 16.6. The molecule has 2 atom stereocenters. The first-order chi connectivity index (χ1) is 13.0. The number of nitrogens with one attached hydrogen (secondary N) is 1. The van der Waals surface area contributed by atoms with Crippen LogP contribution >= 0.6 is 27.5 Å². The molecule has 7 heteroatoms. The highest BCUT2D eigenvalue weighted by molar-refractivity contribution is 9.10. The maximum atomic E-state index is 12.8. The Balaban J connectivity index is 1.74. The fraction of sp³-hybridized carbons (Fsp3) is 0.300. The number of hydrogen-bond donors (Lipinski definition) is 1. The highest BCUT2D eigenvalue weighted by atomic mass is 79.9. The van der Waals surface area contributed by atoms with Crippen LogP contribution in [0.2, 0.25) is 5.02 Å². The lowest BCUT2D eigenvalue weighted by molar-refractivity contribution is -0.141. The van der Waals surface area contributed by atoms with Gasteiger partial charge in [-0.15, -0.1) is 0 Å². The van der Waals surface area contributed by atoms with E-state index >= 15 is 0 Å². The van der Waals surface area contributed by atoms with Crippen molar-refractivity contribution >= 4 is 39.4 Å². The Bertz CT molecular complexity index is 840. The molecule has 3 rings (SSSR count). The van der Waals surface area contributed by atoms with Gasteiger partial charge in [0, 0.05) is 9.50 Å². The van der Waals surface area contributed by atoms with Gasteiger partial charge in [0.2, 0.25) is 5.91 Å². The van der Waals surface area contributed by atoms with Gasteiger partial charge in [-0.05, 0) is 47.9 Å².